The number of hydrogen-bond donors (Lipinski definition) is 2. The lowest BCUT2D eigenvalue weighted by Gasteiger charge is -2.26. The highest BCUT2D eigenvalue weighted by Crippen LogP contribution is 2.31. The topological polar surface area (TPSA) is 57.4 Å². The standard InChI is InChI=1S/C26H29N3O2/c1-31-22-7-8-25-23(16-22)24(17-27-25)19-9-12-29(13-10-19)14-11-26(30)28-21-6-5-18-3-2-4-20(18)15-21/h5-9,15-17,27H,2-4,10-14H2,1H3,(H,28,30). The molecule has 2 heterocycles. The molecule has 1 aliphatic heterocycles. The van der Waals surface area contributed by atoms with E-state index in [0.29, 0.717) is 6.42 Å². The fourth-order valence-corrected chi connectivity index (χ4v) is 4.78. The van der Waals surface area contributed by atoms with Crippen LogP contribution in [0.4, 0.5) is 5.69 Å². The summed E-state index contributed by atoms with van der Waals surface area (Å²) in [6.45, 7) is 2.62. The molecule has 160 valence electrons. The fraction of sp³-hybridized carbons (Fsp3) is 0.346. The summed E-state index contributed by atoms with van der Waals surface area (Å²) in [4.78, 5) is 18.2. The Morgan fingerprint density at radius 2 is 2.03 bits per heavy atom. The minimum atomic E-state index is 0.0939. The van der Waals surface area contributed by atoms with Crippen molar-refractivity contribution in [1.29, 1.82) is 0 Å². The Morgan fingerprint density at radius 1 is 1.13 bits per heavy atom. The number of nitrogens with zero attached hydrogens (tertiary/aromatic N) is 1. The highest BCUT2D eigenvalue weighted by molar-refractivity contribution is 5.94. The Kier molecular flexibility index (Phi) is 5.51. The maximum atomic E-state index is 12.4. The molecule has 5 nitrogen and oxygen atoms in total. The number of fused-ring (bicyclic) bond motifs is 2. The van der Waals surface area contributed by atoms with Crippen LogP contribution in [-0.4, -0.2) is 42.5 Å². The Bertz CT molecular complexity index is 1140. The van der Waals surface area contributed by atoms with E-state index in [1.54, 1.807) is 7.11 Å². The van der Waals surface area contributed by atoms with Gasteiger partial charge in [0, 0.05) is 54.4 Å². The first-order chi connectivity index (χ1) is 15.2. The number of ether oxygens (including phenoxy) is 1. The van der Waals surface area contributed by atoms with Gasteiger partial charge in [0.2, 0.25) is 5.91 Å². The van der Waals surface area contributed by atoms with E-state index in [1.807, 2.05) is 12.1 Å². The van der Waals surface area contributed by atoms with Crippen LogP contribution in [-0.2, 0) is 17.6 Å². The molecule has 3 aromatic rings. The largest absolute Gasteiger partial charge is 0.497 e. The molecule has 2 N–H and O–H groups in total. The zero-order valence-electron chi connectivity index (χ0n) is 18.0. The molecular weight excluding hydrogens is 386 g/mol. The van der Waals surface area contributed by atoms with Crippen molar-refractivity contribution < 1.29 is 9.53 Å². The lowest BCUT2D eigenvalue weighted by Crippen LogP contribution is -2.31. The maximum Gasteiger partial charge on any atom is 0.225 e. The average Bonchev–Trinajstić information content (AvgIpc) is 3.44. The summed E-state index contributed by atoms with van der Waals surface area (Å²) in [7, 11) is 1.70. The monoisotopic (exact) mass is 415 g/mol. The quantitative estimate of drug-likeness (QED) is 0.609. The van der Waals surface area contributed by atoms with Gasteiger partial charge in [0.25, 0.3) is 0 Å². The molecule has 2 aliphatic rings. The van der Waals surface area contributed by atoms with Crippen molar-refractivity contribution in [3.05, 3.63) is 65.4 Å². The SMILES string of the molecule is COc1ccc2[nH]cc(C3=CCN(CCC(=O)Nc4ccc5c(c4)CCC5)CC3)c2c1. The summed E-state index contributed by atoms with van der Waals surface area (Å²) >= 11 is 0. The number of nitrogens with one attached hydrogen (secondary N) is 2. The number of aromatic amines is 1. The zero-order chi connectivity index (χ0) is 21.2. The van der Waals surface area contributed by atoms with Crippen molar-refractivity contribution in [3.63, 3.8) is 0 Å². The smallest absolute Gasteiger partial charge is 0.225 e. The number of H-pyrrole nitrogens is 1. The van der Waals surface area contributed by atoms with Crippen molar-refractivity contribution in [2.24, 2.45) is 0 Å². The van der Waals surface area contributed by atoms with Crippen LogP contribution < -0.4 is 10.1 Å². The van der Waals surface area contributed by atoms with Crippen molar-refractivity contribution in [1.82, 2.24) is 9.88 Å². The molecule has 2 aromatic carbocycles. The van der Waals surface area contributed by atoms with Crippen LogP contribution in [0.3, 0.4) is 0 Å². The van der Waals surface area contributed by atoms with Gasteiger partial charge in [-0.15, -0.1) is 0 Å². The van der Waals surface area contributed by atoms with E-state index in [2.05, 4.69) is 51.7 Å². The number of anilines is 1. The fourth-order valence-electron chi connectivity index (χ4n) is 4.78. The second kappa shape index (κ2) is 8.60. The summed E-state index contributed by atoms with van der Waals surface area (Å²) in [6, 6.07) is 12.5. The van der Waals surface area contributed by atoms with Gasteiger partial charge in [0.1, 0.15) is 5.75 Å². The third-order valence-corrected chi connectivity index (χ3v) is 6.57. The highest BCUT2D eigenvalue weighted by Gasteiger charge is 2.17. The number of carbonyl (C=O) groups excluding carboxylic acids is 1. The van der Waals surface area contributed by atoms with E-state index < -0.39 is 0 Å². The van der Waals surface area contributed by atoms with Gasteiger partial charge in [-0.1, -0.05) is 12.1 Å². The number of carbonyl (C=O) groups is 1. The zero-order valence-corrected chi connectivity index (χ0v) is 18.0. The van der Waals surface area contributed by atoms with Crippen LogP contribution in [0.2, 0.25) is 0 Å². The van der Waals surface area contributed by atoms with Crippen LogP contribution >= 0.6 is 0 Å². The van der Waals surface area contributed by atoms with Crippen molar-refractivity contribution in [3.8, 4) is 5.75 Å². The number of hydrogen-bond acceptors (Lipinski definition) is 3. The van der Waals surface area contributed by atoms with Gasteiger partial charge < -0.3 is 15.0 Å². The van der Waals surface area contributed by atoms with Crippen LogP contribution in [0.1, 0.15) is 36.0 Å². The molecule has 0 radical (unpaired) electrons. The Morgan fingerprint density at radius 3 is 2.87 bits per heavy atom. The number of methoxy groups -OCH3 is 1. The Hall–Kier alpha value is -3.05. The molecular formula is C26H29N3O2. The van der Waals surface area contributed by atoms with Gasteiger partial charge in [-0.3, -0.25) is 9.69 Å². The molecule has 1 amide bonds. The average molecular weight is 416 g/mol. The Labute approximate surface area is 183 Å². The second-order valence-corrected chi connectivity index (χ2v) is 8.53. The van der Waals surface area contributed by atoms with E-state index in [9.17, 15) is 4.79 Å². The lowest BCUT2D eigenvalue weighted by atomic mass is 9.98. The number of amides is 1. The summed E-state index contributed by atoms with van der Waals surface area (Å²) in [5, 5.41) is 4.28. The predicted octanol–water partition coefficient (Wildman–Crippen LogP) is 4.78. The van der Waals surface area contributed by atoms with Gasteiger partial charge in [0.15, 0.2) is 0 Å². The minimum Gasteiger partial charge on any atom is -0.497 e. The van der Waals surface area contributed by atoms with E-state index in [4.69, 9.17) is 4.74 Å². The van der Waals surface area contributed by atoms with Gasteiger partial charge in [-0.2, -0.15) is 0 Å². The third-order valence-electron chi connectivity index (χ3n) is 6.57. The van der Waals surface area contributed by atoms with Gasteiger partial charge in [0.05, 0.1) is 7.11 Å². The molecule has 0 saturated heterocycles. The maximum absolute atomic E-state index is 12.4. The minimum absolute atomic E-state index is 0.0939. The summed E-state index contributed by atoms with van der Waals surface area (Å²) < 4.78 is 5.39. The molecule has 0 unspecified atom stereocenters. The van der Waals surface area contributed by atoms with Crippen LogP contribution in [0.25, 0.3) is 16.5 Å². The number of rotatable bonds is 6. The molecule has 0 spiro atoms. The van der Waals surface area contributed by atoms with E-state index in [-0.39, 0.29) is 5.91 Å². The molecule has 0 saturated carbocycles. The lowest BCUT2D eigenvalue weighted by molar-refractivity contribution is -0.116. The van der Waals surface area contributed by atoms with Crippen molar-refractivity contribution in [2.45, 2.75) is 32.1 Å². The molecule has 1 aromatic heterocycles. The van der Waals surface area contributed by atoms with E-state index in [1.165, 1.54) is 40.5 Å². The van der Waals surface area contributed by atoms with Gasteiger partial charge >= 0.3 is 0 Å². The predicted molar refractivity (Wildman–Crippen MR) is 126 cm³/mol. The van der Waals surface area contributed by atoms with Crippen LogP contribution in [0.5, 0.6) is 5.75 Å². The summed E-state index contributed by atoms with van der Waals surface area (Å²) in [5.41, 5.74) is 7.49. The Balaban J connectivity index is 1.17. The number of aromatic nitrogens is 1. The first-order valence-corrected chi connectivity index (χ1v) is 11.2. The van der Waals surface area contributed by atoms with Crippen LogP contribution in [0, 0.1) is 0 Å². The molecule has 0 bridgehead atoms. The van der Waals surface area contributed by atoms with Gasteiger partial charge in [-0.05, 0) is 72.7 Å². The molecule has 0 fully saturated rings. The number of benzene rings is 2. The highest BCUT2D eigenvalue weighted by atomic mass is 16.5. The van der Waals surface area contributed by atoms with Crippen molar-refractivity contribution in [2.75, 3.05) is 32.1 Å². The first-order valence-electron chi connectivity index (χ1n) is 11.2. The van der Waals surface area contributed by atoms with Gasteiger partial charge in [-0.25, -0.2) is 0 Å². The second-order valence-electron chi connectivity index (χ2n) is 8.53. The van der Waals surface area contributed by atoms with E-state index >= 15 is 0 Å². The van der Waals surface area contributed by atoms with Crippen molar-refractivity contribution >= 4 is 28.1 Å². The summed E-state index contributed by atoms with van der Waals surface area (Å²) in [6.07, 6.45) is 9.41. The third kappa shape index (κ3) is 4.23. The first kappa shape index (κ1) is 19.9. The molecule has 5 rings (SSSR count). The summed E-state index contributed by atoms with van der Waals surface area (Å²) in [5.74, 6) is 0.970. The normalized spacial score (nSPS) is 16.2. The van der Waals surface area contributed by atoms with E-state index in [0.717, 1.165) is 49.4 Å². The molecule has 5 heteroatoms. The molecule has 31 heavy (non-hydrogen) atoms. The molecule has 1 aliphatic carbocycles. The molecule has 0 atom stereocenters. The van der Waals surface area contributed by atoms with Crippen LogP contribution in [0.15, 0.2) is 48.7 Å². The number of aryl methyl sites for hydroxylation is 2.